The second-order valence-corrected chi connectivity index (χ2v) is 8.01. The number of nitrogens with one attached hydrogen (secondary N) is 3. The topological polar surface area (TPSA) is 104 Å². The summed E-state index contributed by atoms with van der Waals surface area (Å²) in [4.78, 5) is 48.4. The molecule has 2 heterocycles. The Morgan fingerprint density at radius 2 is 2.03 bits per heavy atom. The average Bonchev–Trinajstić information content (AvgIpc) is 3.05. The van der Waals surface area contributed by atoms with Gasteiger partial charge in [-0.15, -0.1) is 0 Å². The summed E-state index contributed by atoms with van der Waals surface area (Å²) in [6.07, 6.45) is 2.29. The van der Waals surface area contributed by atoms with E-state index in [1.807, 2.05) is 0 Å². The van der Waals surface area contributed by atoms with Crippen molar-refractivity contribution >= 4 is 29.2 Å². The largest absolute Gasteiger partial charge is 0.324 e. The minimum absolute atomic E-state index is 0.236. The Hall–Kier alpha value is -2.94. The highest BCUT2D eigenvalue weighted by molar-refractivity contribution is 6.09. The Morgan fingerprint density at radius 3 is 2.73 bits per heavy atom. The highest BCUT2D eigenvalue weighted by Crippen LogP contribution is 2.33. The maximum atomic E-state index is 13.4. The summed E-state index contributed by atoms with van der Waals surface area (Å²) in [5, 5.41) is 7.50. The van der Waals surface area contributed by atoms with Crippen LogP contribution in [0.4, 0.5) is 14.5 Å². The molecule has 1 aliphatic carbocycles. The zero-order valence-corrected chi connectivity index (χ0v) is 16.1. The minimum atomic E-state index is -2.92. The summed E-state index contributed by atoms with van der Waals surface area (Å²) in [6.45, 7) is -0.546. The predicted octanol–water partition coefficient (Wildman–Crippen LogP) is 1.73. The Morgan fingerprint density at radius 1 is 1.23 bits per heavy atom. The van der Waals surface area contributed by atoms with E-state index in [0.717, 1.165) is 5.57 Å². The summed E-state index contributed by atoms with van der Waals surface area (Å²) in [6, 6.07) is 3.90. The van der Waals surface area contributed by atoms with Crippen LogP contribution in [0, 0.1) is 5.92 Å². The molecular weight excluding hydrogens is 396 g/mol. The van der Waals surface area contributed by atoms with Crippen LogP contribution in [0.5, 0.6) is 0 Å². The zero-order chi connectivity index (χ0) is 21.5. The molecule has 1 aromatic rings. The first kappa shape index (κ1) is 20.3. The van der Waals surface area contributed by atoms with Gasteiger partial charge in [-0.2, -0.15) is 0 Å². The monoisotopic (exact) mass is 417 g/mol. The third-order valence-electron chi connectivity index (χ3n) is 5.73. The van der Waals surface area contributed by atoms with Gasteiger partial charge in [-0.25, -0.2) is 8.78 Å². The van der Waals surface area contributed by atoms with E-state index in [1.54, 1.807) is 18.2 Å². The second kappa shape index (κ2) is 7.71. The number of ketones is 1. The van der Waals surface area contributed by atoms with Crippen molar-refractivity contribution in [2.24, 2.45) is 5.92 Å². The van der Waals surface area contributed by atoms with E-state index >= 15 is 0 Å². The van der Waals surface area contributed by atoms with E-state index in [0.29, 0.717) is 36.1 Å². The van der Waals surface area contributed by atoms with Crippen molar-refractivity contribution in [1.29, 1.82) is 0 Å². The lowest BCUT2D eigenvalue weighted by molar-refractivity contribution is -0.136. The zero-order valence-electron chi connectivity index (χ0n) is 16.1. The van der Waals surface area contributed by atoms with E-state index in [-0.39, 0.29) is 24.0 Å². The van der Waals surface area contributed by atoms with Crippen LogP contribution < -0.4 is 16.0 Å². The van der Waals surface area contributed by atoms with Gasteiger partial charge in [0, 0.05) is 30.0 Å². The molecule has 0 aromatic heterocycles. The first-order chi connectivity index (χ1) is 14.2. The fourth-order valence-corrected chi connectivity index (χ4v) is 4.17. The minimum Gasteiger partial charge on any atom is -0.324 e. The molecule has 1 unspecified atom stereocenters. The molecule has 1 aromatic carbocycles. The highest BCUT2D eigenvalue weighted by Gasteiger charge is 2.42. The fraction of sp³-hybridized carbons (Fsp3) is 0.429. The van der Waals surface area contributed by atoms with Gasteiger partial charge in [0.2, 0.25) is 17.7 Å². The Labute approximate surface area is 171 Å². The van der Waals surface area contributed by atoms with Gasteiger partial charge in [0.05, 0.1) is 12.6 Å². The van der Waals surface area contributed by atoms with Gasteiger partial charge < -0.3 is 5.32 Å². The number of carbonyl (C=O) groups excluding carboxylic acids is 4. The van der Waals surface area contributed by atoms with Crippen LogP contribution >= 0.6 is 0 Å². The molecule has 158 valence electrons. The molecule has 7 nitrogen and oxygen atoms in total. The number of benzene rings is 1. The van der Waals surface area contributed by atoms with Gasteiger partial charge >= 0.3 is 0 Å². The lowest BCUT2D eigenvalue weighted by Crippen LogP contribution is -2.41. The summed E-state index contributed by atoms with van der Waals surface area (Å²) in [5.41, 5.74) is 2.17. The lowest BCUT2D eigenvalue weighted by Gasteiger charge is -2.25. The predicted molar refractivity (Wildman–Crippen MR) is 103 cm³/mol. The molecule has 2 aliphatic heterocycles. The standard InChI is InChI=1S/C21H21F2N3O4/c22-21(23)9-16(24-10-21)20(30)25-15-3-1-2-13-14(15)7-11(8-17(13)27)6-12-4-5-18(28)26-19(12)29/h1-3,8,12,16,24H,4-7,9-10H2,(H,25,30)(H,26,28,29)/t12?,16-/m0/s1. The maximum Gasteiger partial charge on any atom is 0.262 e. The molecule has 9 heteroatoms. The molecule has 0 spiro atoms. The smallest absolute Gasteiger partial charge is 0.262 e. The number of piperidine rings is 1. The van der Waals surface area contributed by atoms with Crippen molar-refractivity contribution < 1.29 is 28.0 Å². The summed E-state index contributed by atoms with van der Waals surface area (Å²) >= 11 is 0. The van der Waals surface area contributed by atoms with Gasteiger partial charge in [0.15, 0.2) is 5.78 Å². The Bertz CT molecular complexity index is 973. The van der Waals surface area contributed by atoms with Crippen molar-refractivity contribution in [3.8, 4) is 0 Å². The molecule has 4 rings (SSSR count). The molecule has 2 fully saturated rings. The number of hydrogen-bond donors (Lipinski definition) is 3. The van der Waals surface area contributed by atoms with E-state index < -0.39 is 36.8 Å². The number of anilines is 1. The van der Waals surface area contributed by atoms with Crippen LogP contribution in [0.1, 0.15) is 41.6 Å². The van der Waals surface area contributed by atoms with Gasteiger partial charge in [-0.05, 0) is 37.0 Å². The van der Waals surface area contributed by atoms with Crippen molar-refractivity contribution in [2.45, 2.75) is 44.1 Å². The summed E-state index contributed by atoms with van der Waals surface area (Å²) in [5.74, 6) is -4.78. The van der Waals surface area contributed by atoms with Gasteiger partial charge in [-0.3, -0.25) is 29.8 Å². The van der Waals surface area contributed by atoms with E-state index in [2.05, 4.69) is 16.0 Å². The number of rotatable bonds is 4. The van der Waals surface area contributed by atoms with Crippen LogP contribution in [0.2, 0.25) is 0 Å². The van der Waals surface area contributed by atoms with Crippen LogP contribution in [-0.2, 0) is 20.8 Å². The van der Waals surface area contributed by atoms with Gasteiger partial charge in [0.1, 0.15) is 0 Å². The Kier molecular flexibility index (Phi) is 5.23. The maximum absolute atomic E-state index is 13.4. The van der Waals surface area contributed by atoms with Crippen LogP contribution in [0.25, 0.3) is 0 Å². The number of imide groups is 1. The molecular formula is C21H21F2N3O4. The Balaban J connectivity index is 1.50. The summed E-state index contributed by atoms with van der Waals surface area (Å²) in [7, 11) is 0. The van der Waals surface area contributed by atoms with Crippen molar-refractivity contribution in [3.05, 3.63) is 41.0 Å². The molecule has 0 saturated carbocycles. The lowest BCUT2D eigenvalue weighted by atomic mass is 9.83. The highest BCUT2D eigenvalue weighted by atomic mass is 19.3. The normalized spacial score (nSPS) is 25.4. The van der Waals surface area contributed by atoms with Crippen LogP contribution in [0.3, 0.4) is 0 Å². The van der Waals surface area contributed by atoms with Gasteiger partial charge in [0.25, 0.3) is 5.92 Å². The van der Waals surface area contributed by atoms with E-state index in [4.69, 9.17) is 0 Å². The second-order valence-electron chi connectivity index (χ2n) is 8.01. The van der Waals surface area contributed by atoms with Gasteiger partial charge in [-0.1, -0.05) is 17.7 Å². The van der Waals surface area contributed by atoms with Crippen molar-refractivity contribution in [1.82, 2.24) is 10.6 Å². The number of carbonyl (C=O) groups is 4. The summed E-state index contributed by atoms with van der Waals surface area (Å²) < 4.78 is 26.8. The average molecular weight is 417 g/mol. The molecule has 0 radical (unpaired) electrons. The number of allylic oxidation sites excluding steroid dienone is 2. The third-order valence-corrected chi connectivity index (χ3v) is 5.73. The molecule has 0 bridgehead atoms. The van der Waals surface area contributed by atoms with E-state index in [9.17, 15) is 28.0 Å². The number of fused-ring (bicyclic) bond motifs is 1. The fourth-order valence-electron chi connectivity index (χ4n) is 4.17. The molecule has 3 N–H and O–H groups in total. The van der Waals surface area contributed by atoms with E-state index in [1.165, 1.54) is 6.08 Å². The number of amides is 3. The number of halogens is 2. The van der Waals surface area contributed by atoms with Crippen LogP contribution in [0.15, 0.2) is 29.8 Å². The number of alkyl halides is 2. The number of hydrogen-bond acceptors (Lipinski definition) is 5. The SMILES string of the molecule is O=C1CCC(CC2=CC(=O)c3cccc(NC(=O)[C@@H]4CC(F)(F)CN4)c3C2)C(=O)N1. The van der Waals surface area contributed by atoms with Crippen molar-refractivity contribution in [2.75, 3.05) is 11.9 Å². The molecule has 3 amide bonds. The molecule has 3 aliphatic rings. The quantitative estimate of drug-likeness (QED) is 0.648. The first-order valence-electron chi connectivity index (χ1n) is 9.83. The van der Waals surface area contributed by atoms with Crippen molar-refractivity contribution in [3.63, 3.8) is 0 Å². The molecule has 30 heavy (non-hydrogen) atoms. The van der Waals surface area contributed by atoms with Crippen LogP contribution in [-0.4, -0.2) is 42.0 Å². The first-order valence-corrected chi connectivity index (χ1v) is 9.83. The molecule has 2 atom stereocenters. The molecule has 2 saturated heterocycles. The third kappa shape index (κ3) is 4.16.